The summed E-state index contributed by atoms with van der Waals surface area (Å²) in [6.45, 7) is 9.45. The van der Waals surface area contributed by atoms with Crippen LogP contribution in [0.25, 0.3) is 0 Å². The Kier molecular flexibility index (Phi) is 13.0. The number of hydrogen-bond acceptors (Lipinski definition) is 6. The standard InChI is InChI=1S/3C14H14ClNS/c3*15-13-4-2-1-3-11(13)9-16-7-5-14-12(10-16)6-8-17-14/h3*1-4,6,8H,5,7,9-10H2. The van der Waals surface area contributed by atoms with E-state index in [1.165, 1.54) is 52.6 Å². The van der Waals surface area contributed by atoms with Gasteiger partial charge in [-0.3, -0.25) is 14.7 Å². The van der Waals surface area contributed by atoms with E-state index >= 15 is 0 Å². The molecule has 0 saturated carbocycles. The Labute approximate surface area is 329 Å². The lowest BCUT2D eigenvalue weighted by Gasteiger charge is -2.27. The topological polar surface area (TPSA) is 9.72 Å². The van der Waals surface area contributed by atoms with Gasteiger partial charge in [0.25, 0.3) is 0 Å². The summed E-state index contributed by atoms with van der Waals surface area (Å²) < 4.78 is 0. The van der Waals surface area contributed by atoms with Crippen molar-refractivity contribution in [2.24, 2.45) is 0 Å². The summed E-state index contributed by atoms with van der Waals surface area (Å²) in [4.78, 5) is 12.1. The number of rotatable bonds is 6. The molecule has 3 aliphatic rings. The third-order valence-corrected chi connectivity index (χ3v) is 13.9. The Balaban J connectivity index is 0.000000119. The van der Waals surface area contributed by atoms with Gasteiger partial charge in [-0.25, -0.2) is 0 Å². The first kappa shape index (κ1) is 36.9. The van der Waals surface area contributed by atoms with Gasteiger partial charge in [0.2, 0.25) is 0 Å². The fourth-order valence-electron chi connectivity index (χ4n) is 6.93. The highest BCUT2D eigenvalue weighted by Crippen LogP contribution is 2.29. The maximum Gasteiger partial charge on any atom is 0.0451 e. The molecule has 9 rings (SSSR count). The molecule has 0 bridgehead atoms. The Morgan fingerprint density at radius 2 is 0.706 bits per heavy atom. The van der Waals surface area contributed by atoms with Gasteiger partial charge in [-0.05, 0) is 105 Å². The zero-order valence-corrected chi connectivity index (χ0v) is 33.3. The van der Waals surface area contributed by atoms with Crippen molar-refractivity contribution in [1.29, 1.82) is 0 Å². The maximum atomic E-state index is 6.20. The first-order chi connectivity index (χ1) is 25.0. The predicted octanol–water partition coefficient (Wildman–Crippen LogP) is 11.9. The molecule has 3 nitrogen and oxygen atoms in total. The van der Waals surface area contributed by atoms with Crippen LogP contribution in [0.5, 0.6) is 0 Å². The average molecular weight is 791 g/mol. The molecule has 51 heavy (non-hydrogen) atoms. The van der Waals surface area contributed by atoms with E-state index in [1.807, 2.05) is 70.4 Å². The van der Waals surface area contributed by atoms with E-state index in [9.17, 15) is 0 Å². The number of thiophene rings is 3. The number of fused-ring (bicyclic) bond motifs is 3. The van der Waals surface area contributed by atoms with Crippen LogP contribution in [-0.2, 0) is 58.5 Å². The van der Waals surface area contributed by atoms with Crippen molar-refractivity contribution in [2.75, 3.05) is 19.6 Å². The third kappa shape index (κ3) is 9.94. The van der Waals surface area contributed by atoms with Crippen molar-refractivity contribution in [1.82, 2.24) is 14.7 Å². The van der Waals surface area contributed by atoms with Crippen LogP contribution in [0.15, 0.2) is 107 Å². The van der Waals surface area contributed by atoms with Gasteiger partial charge in [0.05, 0.1) is 0 Å². The van der Waals surface area contributed by atoms with E-state index in [2.05, 4.69) is 85.4 Å². The molecule has 0 radical (unpaired) electrons. The molecule has 0 atom stereocenters. The van der Waals surface area contributed by atoms with Crippen molar-refractivity contribution < 1.29 is 0 Å². The molecule has 0 saturated heterocycles. The van der Waals surface area contributed by atoms with Crippen LogP contribution in [0.2, 0.25) is 15.1 Å². The number of nitrogens with zero attached hydrogens (tertiary/aromatic N) is 3. The van der Waals surface area contributed by atoms with Crippen LogP contribution in [0.1, 0.15) is 48.0 Å². The van der Waals surface area contributed by atoms with E-state index in [1.54, 1.807) is 14.6 Å². The number of benzene rings is 3. The quantitative estimate of drug-likeness (QED) is 0.166. The Hall–Kier alpha value is -2.49. The molecule has 3 aromatic carbocycles. The van der Waals surface area contributed by atoms with Gasteiger partial charge in [0.1, 0.15) is 0 Å². The van der Waals surface area contributed by atoms with E-state index in [-0.39, 0.29) is 0 Å². The summed E-state index contributed by atoms with van der Waals surface area (Å²) in [5.74, 6) is 0. The van der Waals surface area contributed by atoms with Crippen LogP contribution in [-0.4, -0.2) is 34.3 Å². The summed E-state index contributed by atoms with van der Waals surface area (Å²) in [5.41, 5.74) is 8.17. The molecule has 264 valence electrons. The van der Waals surface area contributed by atoms with Gasteiger partial charge in [-0.1, -0.05) is 89.4 Å². The summed E-state index contributed by atoms with van der Waals surface area (Å²) in [7, 11) is 0. The van der Waals surface area contributed by atoms with Crippen LogP contribution in [0.3, 0.4) is 0 Å². The molecular formula is C42H42Cl3N3S3. The van der Waals surface area contributed by atoms with Gasteiger partial charge < -0.3 is 0 Å². The van der Waals surface area contributed by atoms with Gasteiger partial charge in [-0.2, -0.15) is 0 Å². The molecule has 3 aliphatic heterocycles. The van der Waals surface area contributed by atoms with E-state index in [0.29, 0.717) is 0 Å². The lowest BCUT2D eigenvalue weighted by molar-refractivity contribution is 0.247. The van der Waals surface area contributed by atoms with Crippen molar-refractivity contribution in [3.8, 4) is 0 Å². The largest absolute Gasteiger partial charge is 0.294 e. The fraction of sp³-hybridized carbons (Fsp3) is 0.286. The Morgan fingerprint density at radius 1 is 0.412 bits per heavy atom. The lowest BCUT2D eigenvalue weighted by atomic mass is 10.1. The van der Waals surface area contributed by atoms with Crippen LogP contribution in [0, 0.1) is 0 Å². The van der Waals surface area contributed by atoms with Gasteiger partial charge >= 0.3 is 0 Å². The highest BCUT2D eigenvalue weighted by atomic mass is 35.5. The second-order valence-corrected chi connectivity index (χ2v) is 17.5. The summed E-state index contributed by atoms with van der Waals surface area (Å²) in [5, 5.41) is 9.23. The first-order valence-corrected chi connectivity index (χ1v) is 21.3. The van der Waals surface area contributed by atoms with E-state index in [4.69, 9.17) is 34.8 Å². The predicted molar refractivity (Wildman–Crippen MR) is 221 cm³/mol. The monoisotopic (exact) mass is 789 g/mol. The molecule has 6 aromatic rings. The number of hydrogen-bond donors (Lipinski definition) is 0. The zero-order valence-electron chi connectivity index (χ0n) is 28.6. The van der Waals surface area contributed by atoms with Gasteiger partial charge in [0, 0.05) is 88.6 Å². The minimum atomic E-state index is 0.878. The molecule has 0 fully saturated rings. The Bertz CT molecular complexity index is 1790. The van der Waals surface area contributed by atoms with Crippen molar-refractivity contribution in [3.63, 3.8) is 0 Å². The van der Waals surface area contributed by atoms with E-state index in [0.717, 1.165) is 74.0 Å². The van der Waals surface area contributed by atoms with Crippen molar-refractivity contribution in [2.45, 2.75) is 58.5 Å². The second-order valence-electron chi connectivity index (χ2n) is 13.3. The molecule has 6 heterocycles. The third-order valence-electron chi connectivity index (χ3n) is 9.72. The minimum absolute atomic E-state index is 0.878. The molecule has 3 aromatic heterocycles. The normalized spacial score (nSPS) is 15.8. The zero-order chi connectivity index (χ0) is 35.0. The van der Waals surface area contributed by atoms with Gasteiger partial charge in [0.15, 0.2) is 0 Å². The van der Waals surface area contributed by atoms with Crippen LogP contribution in [0.4, 0.5) is 0 Å². The SMILES string of the molecule is Clc1ccccc1CN1CCc2sccc2C1.Clc1ccccc1CN1CCc2sccc2C1.Clc1ccccc1CN1CCc2sccc2C1. The molecule has 0 N–H and O–H groups in total. The average Bonchev–Trinajstić information content (AvgIpc) is 3.93. The fourth-order valence-corrected chi connectivity index (χ4v) is 10.2. The van der Waals surface area contributed by atoms with Crippen molar-refractivity contribution >= 4 is 68.8 Å². The molecule has 0 aliphatic carbocycles. The van der Waals surface area contributed by atoms with Crippen LogP contribution >= 0.6 is 68.8 Å². The minimum Gasteiger partial charge on any atom is -0.294 e. The molecular weight excluding hydrogens is 749 g/mol. The molecule has 0 spiro atoms. The smallest absolute Gasteiger partial charge is 0.0451 e. The first-order valence-electron chi connectivity index (χ1n) is 17.5. The summed E-state index contributed by atoms with van der Waals surface area (Å²) in [6.07, 6.45) is 3.53. The molecule has 0 unspecified atom stereocenters. The molecule has 9 heteroatoms. The highest BCUT2D eigenvalue weighted by molar-refractivity contribution is 7.10. The molecule has 0 amide bonds. The Morgan fingerprint density at radius 3 is 1.00 bits per heavy atom. The number of halogens is 3. The summed E-state index contributed by atoms with van der Waals surface area (Å²) >= 11 is 24.2. The van der Waals surface area contributed by atoms with E-state index < -0.39 is 0 Å². The van der Waals surface area contributed by atoms with Gasteiger partial charge in [-0.15, -0.1) is 34.0 Å². The lowest BCUT2D eigenvalue weighted by Crippen LogP contribution is -2.29. The van der Waals surface area contributed by atoms with Crippen molar-refractivity contribution in [3.05, 3.63) is 170 Å². The van der Waals surface area contributed by atoms with Crippen LogP contribution < -0.4 is 0 Å². The highest BCUT2D eigenvalue weighted by Gasteiger charge is 2.20. The second kappa shape index (κ2) is 18.0. The maximum absolute atomic E-state index is 6.20. The summed E-state index contributed by atoms with van der Waals surface area (Å²) in [6, 6.07) is 31.1.